The third kappa shape index (κ3) is 34.5. The minimum atomic E-state index is -0.791. The number of unbranched alkanes of at least 4 members (excludes halogenated alkanes) is 15. The van der Waals surface area contributed by atoms with Gasteiger partial charge in [0.1, 0.15) is 6.61 Å². The molecule has 1 atom stereocenters. The molecule has 0 rings (SSSR count). The van der Waals surface area contributed by atoms with Gasteiger partial charge in [-0.2, -0.15) is 0 Å². The summed E-state index contributed by atoms with van der Waals surface area (Å²) < 4.78 is 10.6. The van der Waals surface area contributed by atoms with Gasteiger partial charge < -0.3 is 14.6 Å². The van der Waals surface area contributed by atoms with E-state index < -0.39 is 6.10 Å². The first kappa shape index (κ1) is 43.6. The van der Waals surface area contributed by atoms with Crippen molar-refractivity contribution in [2.24, 2.45) is 0 Å². The number of rotatable bonds is 33. The Morgan fingerprint density at radius 3 is 1.48 bits per heavy atom. The van der Waals surface area contributed by atoms with Crippen molar-refractivity contribution >= 4 is 11.9 Å². The average Bonchev–Trinajstić information content (AvgIpc) is 3.06. The van der Waals surface area contributed by atoms with E-state index in [9.17, 15) is 14.7 Å². The molecule has 0 saturated carbocycles. The smallest absolute Gasteiger partial charge is 0.306 e. The van der Waals surface area contributed by atoms with Crippen LogP contribution in [0.2, 0.25) is 0 Å². The lowest BCUT2D eigenvalue weighted by Gasteiger charge is -2.15. The monoisotopic (exact) mass is 643 g/mol. The topological polar surface area (TPSA) is 72.8 Å². The van der Waals surface area contributed by atoms with Crippen molar-refractivity contribution in [1.29, 1.82) is 0 Å². The summed E-state index contributed by atoms with van der Waals surface area (Å²) in [6, 6.07) is 0. The van der Waals surface area contributed by atoms with Crippen LogP contribution in [0.1, 0.15) is 168 Å². The first-order chi connectivity index (χ1) is 22.6. The third-order valence-corrected chi connectivity index (χ3v) is 7.80. The van der Waals surface area contributed by atoms with Crippen molar-refractivity contribution in [2.75, 3.05) is 13.2 Å². The van der Waals surface area contributed by atoms with Gasteiger partial charge in [0.2, 0.25) is 0 Å². The Morgan fingerprint density at radius 1 is 0.522 bits per heavy atom. The molecule has 0 saturated heterocycles. The lowest BCUT2D eigenvalue weighted by molar-refractivity contribution is -0.161. The maximum atomic E-state index is 12.2. The van der Waals surface area contributed by atoms with E-state index in [0.717, 1.165) is 64.2 Å². The summed E-state index contributed by atoms with van der Waals surface area (Å²) in [7, 11) is 0. The van der Waals surface area contributed by atoms with Crippen LogP contribution in [0.15, 0.2) is 60.8 Å². The van der Waals surface area contributed by atoms with Crippen LogP contribution in [-0.4, -0.2) is 36.4 Å². The van der Waals surface area contributed by atoms with Crippen LogP contribution >= 0.6 is 0 Å². The number of carbonyl (C=O) groups excluding carboxylic acids is 2. The minimum absolute atomic E-state index is 0.0911. The van der Waals surface area contributed by atoms with E-state index in [0.29, 0.717) is 12.8 Å². The fraction of sp³-hybridized carbons (Fsp3) is 0.707. The van der Waals surface area contributed by atoms with Crippen molar-refractivity contribution < 1.29 is 24.2 Å². The average molecular weight is 643 g/mol. The van der Waals surface area contributed by atoms with Crippen molar-refractivity contribution in [1.82, 2.24) is 0 Å². The fourth-order valence-corrected chi connectivity index (χ4v) is 4.95. The number of ether oxygens (including phenoxy) is 2. The first-order valence-electron chi connectivity index (χ1n) is 18.8. The molecule has 0 unspecified atom stereocenters. The zero-order valence-corrected chi connectivity index (χ0v) is 29.8. The van der Waals surface area contributed by atoms with Gasteiger partial charge in [0.15, 0.2) is 6.10 Å². The van der Waals surface area contributed by atoms with E-state index in [4.69, 9.17) is 9.47 Å². The van der Waals surface area contributed by atoms with Gasteiger partial charge in [0, 0.05) is 12.8 Å². The van der Waals surface area contributed by atoms with Crippen molar-refractivity contribution in [2.45, 2.75) is 174 Å². The van der Waals surface area contributed by atoms with Crippen molar-refractivity contribution in [3.8, 4) is 0 Å². The fourth-order valence-electron chi connectivity index (χ4n) is 4.95. The van der Waals surface area contributed by atoms with Gasteiger partial charge in [0.25, 0.3) is 0 Å². The molecule has 1 N–H and O–H groups in total. The van der Waals surface area contributed by atoms with Crippen LogP contribution in [0.4, 0.5) is 0 Å². The first-order valence-corrected chi connectivity index (χ1v) is 18.8. The molecule has 46 heavy (non-hydrogen) atoms. The van der Waals surface area contributed by atoms with E-state index in [2.05, 4.69) is 74.6 Å². The Balaban J connectivity index is 3.65. The second-order valence-corrected chi connectivity index (χ2v) is 12.3. The highest BCUT2D eigenvalue weighted by atomic mass is 16.6. The number of esters is 2. The van der Waals surface area contributed by atoms with Gasteiger partial charge in [-0.05, 0) is 77.0 Å². The minimum Gasteiger partial charge on any atom is -0.462 e. The highest BCUT2D eigenvalue weighted by Gasteiger charge is 2.16. The summed E-state index contributed by atoms with van der Waals surface area (Å²) in [5.74, 6) is -0.649. The Morgan fingerprint density at radius 2 is 0.935 bits per heavy atom. The molecule has 0 heterocycles. The Labute approximate surface area is 283 Å². The number of carbonyl (C=O) groups is 2. The van der Waals surface area contributed by atoms with Crippen LogP contribution < -0.4 is 0 Å². The molecule has 0 bridgehead atoms. The van der Waals surface area contributed by atoms with Gasteiger partial charge in [0.05, 0.1) is 6.61 Å². The van der Waals surface area contributed by atoms with E-state index in [1.807, 2.05) is 0 Å². The molecule has 0 aliphatic rings. The maximum Gasteiger partial charge on any atom is 0.306 e. The summed E-state index contributed by atoms with van der Waals surface area (Å²) in [5, 5.41) is 9.53. The molecular formula is C41H70O5. The highest BCUT2D eigenvalue weighted by Crippen LogP contribution is 2.12. The quantitative estimate of drug-likeness (QED) is 0.0438. The Bertz CT molecular complexity index is 823. The number of hydrogen-bond acceptors (Lipinski definition) is 5. The lowest BCUT2D eigenvalue weighted by atomic mass is 10.1. The van der Waals surface area contributed by atoms with Crippen molar-refractivity contribution in [3.05, 3.63) is 60.8 Å². The predicted molar refractivity (Wildman–Crippen MR) is 196 cm³/mol. The molecular weight excluding hydrogens is 572 g/mol. The number of allylic oxidation sites excluding steroid dienone is 10. The number of aliphatic hydroxyl groups excluding tert-OH is 1. The van der Waals surface area contributed by atoms with Crippen LogP contribution in [0.25, 0.3) is 0 Å². The zero-order valence-electron chi connectivity index (χ0n) is 29.8. The zero-order chi connectivity index (χ0) is 33.6. The van der Waals surface area contributed by atoms with Crippen LogP contribution in [0, 0.1) is 0 Å². The lowest BCUT2D eigenvalue weighted by Crippen LogP contribution is -2.28. The summed E-state index contributed by atoms with van der Waals surface area (Å²) >= 11 is 0. The van der Waals surface area contributed by atoms with E-state index in [-0.39, 0.29) is 25.2 Å². The van der Waals surface area contributed by atoms with E-state index >= 15 is 0 Å². The normalized spacial score (nSPS) is 12.8. The molecule has 5 heteroatoms. The number of aliphatic hydroxyl groups is 1. The molecule has 0 aromatic rings. The SMILES string of the molecule is CC/C=C\C/C=C\C/C=C\C/C=C\CCCCC(=O)OC[C@H](CO)OC(=O)CCCCCCCCC/C=C\CCCCCCCC. The molecule has 0 fully saturated rings. The van der Waals surface area contributed by atoms with Crippen LogP contribution in [-0.2, 0) is 19.1 Å². The largest absolute Gasteiger partial charge is 0.462 e. The molecule has 5 nitrogen and oxygen atoms in total. The van der Waals surface area contributed by atoms with E-state index in [1.165, 1.54) is 77.0 Å². The molecule has 264 valence electrons. The molecule has 0 aliphatic carbocycles. The van der Waals surface area contributed by atoms with Crippen LogP contribution in [0.3, 0.4) is 0 Å². The molecule has 0 amide bonds. The Kier molecular flexibility index (Phi) is 35.1. The second kappa shape index (κ2) is 37.1. The maximum absolute atomic E-state index is 12.2. The van der Waals surface area contributed by atoms with Crippen LogP contribution in [0.5, 0.6) is 0 Å². The van der Waals surface area contributed by atoms with Gasteiger partial charge >= 0.3 is 11.9 Å². The summed E-state index contributed by atoms with van der Waals surface area (Å²) in [6.07, 6.45) is 47.1. The second-order valence-electron chi connectivity index (χ2n) is 12.3. The third-order valence-electron chi connectivity index (χ3n) is 7.80. The molecule has 0 aliphatic heterocycles. The standard InChI is InChI=1S/C41H70O5/c1-3-5-7-9-11-13-15-17-19-20-22-24-26-28-30-32-34-36-41(44)46-39(37-42)38-45-40(43)35-33-31-29-27-25-23-21-18-16-14-12-10-8-6-4-2/h6,8,12,14,17-19,21,25,27,39,42H,3-5,7,9-11,13,15-16,20,22-24,26,28-38H2,1-2H3/b8-6-,14-12-,19-17-,21-18-,27-25-/t39-/m0/s1. The van der Waals surface area contributed by atoms with Gasteiger partial charge in [-0.15, -0.1) is 0 Å². The van der Waals surface area contributed by atoms with Gasteiger partial charge in [-0.25, -0.2) is 0 Å². The van der Waals surface area contributed by atoms with Gasteiger partial charge in [-0.3, -0.25) is 9.59 Å². The number of hydrogen-bond donors (Lipinski definition) is 1. The Hall–Kier alpha value is -2.40. The predicted octanol–water partition coefficient (Wildman–Crippen LogP) is 11.6. The molecule has 0 spiro atoms. The molecule has 0 radical (unpaired) electrons. The molecule has 0 aromatic heterocycles. The highest BCUT2D eigenvalue weighted by molar-refractivity contribution is 5.70. The summed E-state index contributed by atoms with van der Waals surface area (Å²) in [6.45, 7) is 3.97. The van der Waals surface area contributed by atoms with E-state index in [1.54, 1.807) is 0 Å². The molecule has 0 aromatic carbocycles. The van der Waals surface area contributed by atoms with Gasteiger partial charge in [-0.1, -0.05) is 139 Å². The summed E-state index contributed by atoms with van der Waals surface area (Å²) in [5.41, 5.74) is 0. The summed E-state index contributed by atoms with van der Waals surface area (Å²) in [4.78, 5) is 24.2. The van der Waals surface area contributed by atoms with Crippen molar-refractivity contribution in [3.63, 3.8) is 0 Å².